The minimum atomic E-state index is -1.20. The molecule has 2 heterocycles. The molecule has 0 saturated heterocycles. The number of nitrogens with one attached hydrogen (secondary N) is 3. The lowest BCUT2D eigenvalue weighted by Gasteiger charge is -2.26. The Kier molecular flexibility index (Phi) is 4.54. The van der Waals surface area contributed by atoms with E-state index in [1.807, 2.05) is 24.4 Å². The Morgan fingerprint density at radius 1 is 1.14 bits per heavy atom. The zero-order valence-electron chi connectivity index (χ0n) is 15.7. The van der Waals surface area contributed by atoms with Crippen LogP contribution in [0.25, 0.3) is 21.7 Å². The lowest BCUT2D eigenvalue weighted by Crippen LogP contribution is -2.34. The molecule has 0 radical (unpaired) electrons. The third-order valence-corrected chi connectivity index (χ3v) is 5.15. The Hall–Kier alpha value is -3.68. The van der Waals surface area contributed by atoms with Crippen LogP contribution in [-0.4, -0.2) is 27.9 Å². The van der Waals surface area contributed by atoms with Crippen LogP contribution in [0.4, 0.5) is 19.3 Å². The standard InChI is InChI=1S/C21H18F2N4O2/c1-11(15-10-25-20(28)18-14(15)5-6-16(22)19(18)23)27(2)21(29)26-13-4-3-12-7-8-24-17(12)9-13/h3-11,24H,1-2H3,(H,25,28)(H,26,29)/t11-/m0/s1. The highest BCUT2D eigenvalue weighted by Gasteiger charge is 2.22. The molecule has 3 N–H and O–H groups in total. The summed E-state index contributed by atoms with van der Waals surface area (Å²) in [5.74, 6) is -2.30. The number of hydrogen-bond donors (Lipinski definition) is 3. The van der Waals surface area contributed by atoms with E-state index in [0.717, 1.165) is 17.0 Å². The van der Waals surface area contributed by atoms with Crippen molar-refractivity contribution in [1.29, 1.82) is 0 Å². The second-order valence-corrected chi connectivity index (χ2v) is 6.85. The minimum absolute atomic E-state index is 0.257. The van der Waals surface area contributed by atoms with Crippen molar-refractivity contribution in [1.82, 2.24) is 14.9 Å². The fraction of sp³-hybridized carbons (Fsp3) is 0.143. The van der Waals surface area contributed by atoms with Crippen molar-refractivity contribution in [2.45, 2.75) is 13.0 Å². The monoisotopic (exact) mass is 396 g/mol. The number of urea groups is 1. The van der Waals surface area contributed by atoms with Gasteiger partial charge in [-0.15, -0.1) is 0 Å². The highest BCUT2D eigenvalue weighted by Crippen LogP contribution is 2.28. The van der Waals surface area contributed by atoms with Gasteiger partial charge in [-0.1, -0.05) is 12.1 Å². The summed E-state index contributed by atoms with van der Waals surface area (Å²) in [6.07, 6.45) is 3.23. The first-order valence-corrected chi connectivity index (χ1v) is 8.97. The molecule has 0 unspecified atom stereocenters. The molecule has 2 amide bonds. The summed E-state index contributed by atoms with van der Waals surface area (Å²) < 4.78 is 27.7. The molecule has 0 spiro atoms. The molecule has 4 rings (SSSR count). The molecule has 0 aliphatic carbocycles. The Morgan fingerprint density at radius 2 is 1.93 bits per heavy atom. The van der Waals surface area contributed by atoms with E-state index < -0.39 is 23.2 Å². The van der Waals surface area contributed by atoms with Crippen LogP contribution in [0.1, 0.15) is 18.5 Å². The molecule has 0 aliphatic heterocycles. The lowest BCUT2D eigenvalue weighted by molar-refractivity contribution is 0.208. The molecule has 0 aliphatic rings. The molecule has 0 fully saturated rings. The van der Waals surface area contributed by atoms with Crippen molar-refractivity contribution in [3.63, 3.8) is 0 Å². The number of H-pyrrole nitrogens is 2. The van der Waals surface area contributed by atoms with Crippen LogP contribution in [0, 0.1) is 11.6 Å². The molecule has 148 valence electrons. The van der Waals surface area contributed by atoms with E-state index in [9.17, 15) is 18.4 Å². The summed E-state index contributed by atoms with van der Waals surface area (Å²) in [6.45, 7) is 1.74. The molecule has 0 saturated carbocycles. The van der Waals surface area contributed by atoms with E-state index in [0.29, 0.717) is 11.3 Å². The van der Waals surface area contributed by atoms with Gasteiger partial charge in [-0.2, -0.15) is 0 Å². The van der Waals surface area contributed by atoms with Gasteiger partial charge in [0.05, 0.1) is 11.4 Å². The molecule has 29 heavy (non-hydrogen) atoms. The molecule has 2 aromatic heterocycles. The zero-order valence-corrected chi connectivity index (χ0v) is 15.7. The largest absolute Gasteiger partial charge is 0.361 e. The van der Waals surface area contributed by atoms with Crippen molar-refractivity contribution in [3.05, 3.63) is 76.3 Å². The second kappa shape index (κ2) is 7.05. The smallest absolute Gasteiger partial charge is 0.322 e. The average molecular weight is 396 g/mol. The third kappa shape index (κ3) is 3.22. The summed E-state index contributed by atoms with van der Waals surface area (Å²) in [5, 5.41) is 3.74. The van der Waals surface area contributed by atoms with Gasteiger partial charge in [-0.3, -0.25) is 4.79 Å². The Balaban J connectivity index is 1.64. The number of amides is 2. The van der Waals surface area contributed by atoms with Crippen molar-refractivity contribution >= 4 is 33.4 Å². The zero-order chi connectivity index (χ0) is 20.7. The number of fused-ring (bicyclic) bond motifs is 2. The number of carbonyl (C=O) groups is 1. The molecule has 4 aromatic rings. The molecule has 0 bridgehead atoms. The number of rotatable bonds is 3. The quantitative estimate of drug-likeness (QED) is 0.476. The van der Waals surface area contributed by atoms with Crippen LogP contribution >= 0.6 is 0 Å². The number of aromatic amines is 2. The number of nitrogens with zero attached hydrogens (tertiary/aromatic N) is 1. The molecule has 8 heteroatoms. The normalized spacial score (nSPS) is 12.3. The van der Waals surface area contributed by atoms with E-state index in [2.05, 4.69) is 15.3 Å². The number of pyridine rings is 1. The van der Waals surface area contributed by atoms with Gasteiger partial charge in [0.1, 0.15) is 0 Å². The predicted octanol–water partition coefficient (Wildman–Crippen LogP) is 4.51. The first kappa shape index (κ1) is 18.7. The SMILES string of the molecule is C[C@@H](c1c[nH]c(=O)c2c(F)c(F)ccc12)N(C)C(=O)Nc1ccc2cc[nH]c2c1. The summed E-state index contributed by atoms with van der Waals surface area (Å²) in [6, 6.07) is 8.84. The maximum absolute atomic E-state index is 14.2. The van der Waals surface area contributed by atoms with E-state index >= 15 is 0 Å². The van der Waals surface area contributed by atoms with Gasteiger partial charge in [0.2, 0.25) is 0 Å². The van der Waals surface area contributed by atoms with Gasteiger partial charge < -0.3 is 20.2 Å². The number of hydrogen-bond acceptors (Lipinski definition) is 2. The predicted molar refractivity (Wildman–Crippen MR) is 108 cm³/mol. The van der Waals surface area contributed by atoms with E-state index in [-0.39, 0.29) is 16.8 Å². The molecular weight excluding hydrogens is 378 g/mol. The third-order valence-electron chi connectivity index (χ3n) is 5.15. The molecule has 6 nitrogen and oxygen atoms in total. The van der Waals surface area contributed by atoms with Gasteiger partial charge in [0.25, 0.3) is 5.56 Å². The van der Waals surface area contributed by atoms with E-state index in [4.69, 9.17) is 0 Å². The van der Waals surface area contributed by atoms with Crippen molar-refractivity contribution < 1.29 is 13.6 Å². The van der Waals surface area contributed by atoms with Gasteiger partial charge in [-0.25, -0.2) is 13.6 Å². The summed E-state index contributed by atoms with van der Waals surface area (Å²) in [7, 11) is 1.59. The average Bonchev–Trinajstić information content (AvgIpc) is 3.17. The lowest BCUT2D eigenvalue weighted by atomic mass is 10.0. The van der Waals surface area contributed by atoms with Crippen molar-refractivity contribution in [2.75, 3.05) is 12.4 Å². The van der Waals surface area contributed by atoms with Crippen LogP contribution in [0.3, 0.4) is 0 Å². The fourth-order valence-electron chi connectivity index (χ4n) is 3.37. The molecular formula is C21H18F2N4O2. The number of halogens is 2. The van der Waals surface area contributed by atoms with Gasteiger partial charge >= 0.3 is 6.03 Å². The fourth-order valence-corrected chi connectivity index (χ4v) is 3.37. The van der Waals surface area contributed by atoms with Gasteiger partial charge in [0.15, 0.2) is 11.6 Å². The van der Waals surface area contributed by atoms with Crippen molar-refractivity contribution in [2.24, 2.45) is 0 Å². The van der Waals surface area contributed by atoms with Crippen LogP contribution < -0.4 is 10.9 Å². The van der Waals surface area contributed by atoms with E-state index in [1.54, 1.807) is 20.0 Å². The number of aromatic nitrogens is 2. The number of anilines is 1. The second-order valence-electron chi connectivity index (χ2n) is 6.85. The number of benzene rings is 2. The minimum Gasteiger partial charge on any atom is -0.361 e. The highest BCUT2D eigenvalue weighted by molar-refractivity contribution is 5.93. The van der Waals surface area contributed by atoms with Crippen LogP contribution in [-0.2, 0) is 0 Å². The van der Waals surface area contributed by atoms with Crippen LogP contribution in [0.2, 0.25) is 0 Å². The Bertz CT molecular complexity index is 1300. The molecule has 1 atom stereocenters. The molecule has 2 aromatic carbocycles. The maximum Gasteiger partial charge on any atom is 0.322 e. The van der Waals surface area contributed by atoms with Gasteiger partial charge in [0, 0.05) is 30.6 Å². The summed E-state index contributed by atoms with van der Waals surface area (Å²) in [4.78, 5) is 31.7. The first-order valence-electron chi connectivity index (χ1n) is 8.97. The van der Waals surface area contributed by atoms with Crippen molar-refractivity contribution in [3.8, 4) is 0 Å². The number of carbonyl (C=O) groups excluding carboxylic acids is 1. The topological polar surface area (TPSA) is 81.0 Å². The van der Waals surface area contributed by atoms with E-state index in [1.165, 1.54) is 17.2 Å². The summed E-state index contributed by atoms with van der Waals surface area (Å²) >= 11 is 0. The maximum atomic E-state index is 14.2. The van der Waals surface area contributed by atoms with Gasteiger partial charge in [-0.05, 0) is 47.5 Å². The van der Waals surface area contributed by atoms with Crippen LogP contribution in [0.15, 0.2) is 53.6 Å². The van der Waals surface area contributed by atoms with Crippen LogP contribution in [0.5, 0.6) is 0 Å². The first-order chi connectivity index (χ1) is 13.9. The Labute approximate surface area is 164 Å². The summed E-state index contributed by atoms with van der Waals surface area (Å²) in [5.41, 5.74) is 1.28. The Morgan fingerprint density at radius 3 is 2.72 bits per heavy atom. The highest BCUT2D eigenvalue weighted by atomic mass is 19.2.